The van der Waals surface area contributed by atoms with Crippen molar-refractivity contribution in [1.82, 2.24) is 0 Å². The molecule has 1 heterocycles. The summed E-state index contributed by atoms with van der Waals surface area (Å²) in [4.78, 5) is 0. The fourth-order valence-electron chi connectivity index (χ4n) is 0.660. The fraction of sp³-hybridized carbons (Fsp3) is 0.143. The lowest BCUT2D eigenvalue weighted by Crippen LogP contribution is -2.33. The van der Waals surface area contributed by atoms with Crippen molar-refractivity contribution in [3.8, 4) is 6.07 Å². The zero-order chi connectivity index (χ0) is 7.40. The lowest BCUT2D eigenvalue weighted by molar-refractivity contribution is -0.695. The van der Waals surface area contributed by atoms with Crippen LogP contribution >= 0.6 is 15.9 Å². The molecule has 0 bridgehead atoms. The van der Waals surface area contributed by atoms with Gasteiger partial charge in [0, 0.05) is 28.1 Å². The lowest BCUT2D eigenvalue weighted by Gasteiger charge is -1.89. The lowest BCUT2D eigenvalue weighted by atomic mass is 10.5. The quantitative estimate of drug-likeness (QED) is 0.493. The third-order valence-electron chi connectivity index (χ3n) is 1.13. The number of pyridine rings is 1. The second kappa shape index (κ2) is 3.33. The van der Waals surface area contributed by atoms with Gasteiger partial charge in [-0.15, -0.1) is 0 Å². The highest BCUT2D eigenvalue weighted by Crippen LogP contribution is 1.99. The van der Waals surface area contributed by atoms with Crippen molar-refractivity contribution < 1.29 is 4.57 Å². The van der Waals surface area contributed by atoms with E-state index >= 15 is 0 Å². The molecule has 3 heteroatoms. The van der Waals surface area contributed by atoms with Gasteiger partial charge in [-0.25, -0.2) is 0 Å². The van der Waals surface area contributed by atoms with Gasteiger partial charge in [0.05, 0.1) is 0 Å². The summed E-state index contributed by atoms with van der Waals surface area (Å²) >= 11 is 3.31. The Kier molecular flexibility index (Phi) is 2.41. The molecule has 0 fully saturated rings. The van der Waals surface area contributed by atoms with Gasteiger partial charge in [0.15, 0.2) is 6.20 Å². The van der Waals surface area contributed by atoms with Crippen molar-refractivity contribution in [2.24, 2.45) is 0 Å². The molecule has 0 atom stereocenters. The van der Waals surface area contributed by atoms with E-state index < -0.39 is 0 Å². The van der Waals surface area contributed by atoms with Crippen LogP contribution in [0, 0.1) is 11.3 Å². The topological polar surface area (TPSA) is 27.7 Å². The van der Waals surface area contributed by atoms with E-state index in [0.717, 1.165) is 4.60 Å². The van der Waals surface area contributed by atoms with Gasteiger partial charge < -0.3 is 0 Å². The summed E-state index contributed by atoms with van der Waals surface area (Å²) in [6, 6.07) is 7.76. The number of hydrogen-bond donors (Lipinski definition) is 0. The van der Waals surface area contributed by atoms with Crippen LogP contribution in [0.2, 0.25) is 0 Å². The molecule has 2 nitrogen and oxygen atoms in total. The minimum absolute atomic E-state index is 0.390. The van der Waals surface area contributed by atoms with Gasteiger partial charge in [0.2, 0.25) is 11.1 Å². The number of rotatable bonds is 1. The molecule has 0 aliphatic rings. The largest absolute Gasteiger partial charge is 0.248 e. The third kappa shape index (κ3) is 1.55. The number of halogens is 1. The molecule has 0 saturated carbocycles. The Hall–Kier alpha value is -0.880. The first-order valence-electron chi connectivity index (χ1n) is 2.85. The van der Waals surface area contributed by atoms with Gasteiger partial charge in [0.25, 0.3) is 0 Å². The zero-order valence-corrected chi connectivity index (χ0v) is 6.87. The van der Waals surface area contributed by atoms with Crippen molar-refractivity contribution >= 4 is 15.9 Å². The molecule has 0 aliphatic carbocycles. The summed E-state index contributed by atoms with van der Waals surface area (Å²) in [7, 11) is 0. The first-order chi connectivity index (χ1) is 4.84. The summed E-state index contributed by atoms with van der Waals surface area (Å²) in [6.45, 7) is 0.390. The molecule has 0 amide bonds. The second-order valence-electron chi connectivity index (χ2n) is 1.81. The van der Waals surface area contributed by atoms with Crippen LogP contribution in [0.15, 0.2) is 29.0 Å². The van der Waals surface area contributed by atoms with Crippen LogP contribution in [0.5, 0.6) is 0 Å². The maximum absolute atomic E-state index is 8.35. The molecule has 0 saturated heterocycles. The molecule has 50 valence electrons. The second-order valence-corrected chi connectivity index (χ2v) is 2.62. The van der Waals surface area contributed by atoms with E-state index in [9.17, 15) is 0 Å². The smallest absolute Gasteiger partial charge is 0.191 e. The maximum atomic E-state index is 8.35. The molecular weight excluding hydrogens is 192 g/mol. The number of aromatic nitrogens is 1. The minimum atomic E-state index is 0.390. The Bertz CT molecular complexity index is 265. The zero-order valence-electron chi connectivity index (χ0n) is 5.29. The van der Waals surface area contributed by atoms with E-state index in [1.165, 1.54) is 0 Å². The van der Waals surface area contributed by atoms with Gasteiger partial charge in [-0.05, 0) is 6.07 Å². The van der Waals surface area contributed by atoms with Gasteiger partial charge in [-0.1, -0.05) is 0 Å². The Balaban J connectivity index is 2.94. The Labute approximate surface area is 67.9 Å². The SMILES string of the molecule is N#CC[n+]1ccccc1Br. The molecule has 0 aromatic carbocycles. The van der Waals surface area contributed by atoms with Crippen molar-refractivity contribution in [2.45, 2.75) is 6.54 Å². The summed E-state index contributed by atoms with van der Waals surface area (Å²) < 4.78 is 2.75. The van der Waals surface area contributed by atoms with Crippen LogP contribution in [0.4, 0.5) is 0 Å². The monoisotopic (exact) mass is 197 g/mol. The molecule has 1 aromatic heterocycles. The Morgan fingerprint density at radius 2 is 2.40 bits per heavy atom. The number of hydrogen-bond acceptors (Lipinski definition) is 1. The predicted molar refractivity (Wildman–Crippen MR) is 40.0 cm³/mol. The van der Waals surface area contributed by atoms with Crippen LogP contribution in [-0.2, 0) is 6.54 Å². The van der Waals surface area contributed by atoms with Gasteiger partial charge in [-0.3, -0.25) is 0 Å². The molecular formula is C7H6BrN2+. The Morgan fingerprint density at radius 3 is 3.00 bits per heavy atom. The molecule has 0 unspecified atom stereocenters. The third-order valence-corrected chi connectivity index (χ3v) is 1.85. The van der Waals surface area contributed by atoms with Crippen molar-refractivity contribution in [1.29, 1.82) is 5.26 Å². The number of nitrogens with zero attached hydrogens (tertiary/aromatic N) is 2. The summed E-state index contributed by atoms with van der Waals surface area (Å²) in [5.74, 6) is 0. The van der Waals surface area contributed by atoms with Crippen LogP contribution in [0.3, 0.4) is 0 Å². The summed E-state index contributed by atoms with van der Waals surface area (Å²) in [6.07, 6.45) is 1.85. The Morgan fingerprint density at radius 1 is 1.60 bits per heavy atom. The highest BCUT2D eigenvalue weighted by atomic mass is 79.9. The van der Waals surface area contributed by atoms with E-state index in [-0.39, 0.29) is 0 Å². The van der Waals surface area contributed by atoms with E-state index in [0.29, 0.717) is 6.54 Å². The van der Waals surface area contributed by atoms with Crippen LogP contribution in [0.1, 0.15) is 0 Å². The minimum Gasteiger partial charge on any atom is -0.191 e. The average molecular weight is 198 g/mol. The van der Waals surface area contributed by atoms with E-state index in [4.69, 9.17) is 5.26 Å². The normalized spacial score (nSPS) is 8.80. The van der Waals surface area contributed by atoms with Crippen LogP contribution in [-0.4, -0.2) is 0 Å². The standard InChI is InChI=1S/C7H6BrN2/c8-7-3-1-2-5-10(7)6-4-9/h1-3,5H,6H2/q+1. The van der Waals surface area contributed by atoms with E-state index in [1.807, 2.05) is 29.0 Å². The molecule has 0 radical (unpaired) electrons. The van der Waals surface area contributed by atoms with Crippen LogP contribution in [0.25, 0.3) is 0 Å². The summed E-state index contributed by atoms with van der Waals surface area (Å²) in [5.41, 5.74) is 0. The van der Waals surface area contributed by atoms with Crippen molar-refractivity contribution in [2.75, 3.05) is 0 Å². The molecule has 10 heavy (non-hydrogen) atoms. The van der Waals surface area contributed by atoms with Crippen molar-refractivity contribution in [3.63, 3.8) is 0 Å². The molecule has 0 N–H and O–H groups in total. The molecule has 1 aromatic rings. The van der Waals surface area contributed by atoms with Gasteiger partial charge in [0.1, 0.15) is 6.07 Å². The maximum Gasteiger partial charge on any atom is 0.248 e. The highest BCUT2D eigenvalue weighted by molar-refractivity contribution is 9.10. The first kappa shape index (κ1) is 7.23. The average Bonchev–Trinajstić information content (AvgIpc) is 1.94. The first-order valence-corrected chi connectivity index (χ1v) is 3.65. The summed E-state index contributed by atoms with van der Waals surface area (Å²) in [5, 5.41) is 8.35. The van der Waals surface area contributed by atoms with Crippen molar-refractivity contribution in [3.05, 3.63) is 29.0 Å². The molecule has 0 aliphatic heterocycles. The van der Waals surface area contributed by atoms with Gasteiger partial charge in [-0.2, -0.15) is 9.83 Å². The number of nitriles is 1. The van der Waals surface area contributed by atoms with Crippen LogP contribution < -0.4 is 4.57 Å². The highest BCUT2D eigenvalue weighted by Gasteiger charge is 2.02. The van der Waals surface area contributed by atoms with E-state index in [1.54, 1.807) is 0 Å². The molecule has 1 rings (SSSR count). The van der Waals surface area contributed by atoms with Gasteiger partial charge >= 0.3 is 0 Å². The van der Waals surface area contributed by atoms with E-state index in [2.05, 4.69) is 22.0 Å². The predicted octanol–water partition coefficient (Wildman–Crippen LogP) is 1.26. The fourth-order valence-corrected chi connectivity index (χ4v) is 1.06. The molecule has 0 spiro atoms.